The van der Waals surface area contributed by atoms with E-state index in [4.69, 9.17) is 4.74 Å². The van der Waals surface area contributed by atoms with E-state index in [0.717, 1.165) is 0 Å². The Morgan fingerprint density at radius 3 is 2.87 bits per heavy atom. The first-order chi connectivity index (χ1) is 7.33. The third-order valence-electron chi connectivity index (χ3n) is 1.92. The third-order valence-corrected chi connectivity index (χ3v) is 1.92. The topological polar surface area (TPSA) is 67.9 Å². The van der Waals surface area contributed by atoms with Crippen molar-refractivity contribution >= 4 is 0 Å². The molecule has 2 aromatic heterocycles. The molecule has 0 atom stereocenters. The summed E-state index contributed by atoms with van der Waals surface area (Å²) in [5, 5.41) is 0. The smallest absolute Gasteiger partial charge is 0.293 e. The minimum absolute atomic E-state index is 0.177. The molecule has 0 radical (unpaired) electrons. The van der Waals surface area contributed by atoms with Crippen LogP contribution in [0.1, 0.15) is 0 Å². The molecule has 0 aliphatic carbocycles. The van der Waals surface area contributed by atoms with Crippen LogP contribution < -0.4 is 10.3 Å². The average Bonchev–Trinajstić information content (AvgIpc) is 2.30. The molecule has 0 aliphatic heterocycles. The number of H-pyrrole nitrogens is 1. The van der Waals surface area contributed by atoms with Crippen molar-refractivity contribution in [1.82, 2.24) is 15.0 Å². The second-order valence-corrected chi connectivity index (χ2v) is 2.83. The summed E-state index contributed by atoms with van der Waals surface area (Å²) in [5.74, 6) is 0.177. The van der Waals surface area contributed by atoms with Crippen molar-refractivity contribution in [2.45, 2.75) is 0 Å². The zero-order valence-corrected chi connectivity index (χ0v) is 8.10. The number of nitrogens with one attached hydrogen (secondary N) is 1. The Balaban J connectivity index is 2.63. The van der Waals surface area contributed by atoms with Crippen LogP contribution in [-0.4, -0.2) is 22.1 Å². The molecule has 0 saturated carbocycles. The Hall–Kier alpha value is -2.17. The Bertz CT molecular complexity index is 508. The molecular weight excluding hydrogens is 194 g/mol. The van der Waals surface area contributed by atoms with E-state index in [1.54, 1.807) is 18.3 Å². The molecule has 5 nitrogen and oxygen atoms in total. The summed E-state index contributed by atoms with van der Waals surface area (Å²) in [4.78, 5) is 22.0. The van der Waals surface area contributed by atoms with E-state index >= 15 is 0 Å². The lowest BCUT2D eigenvalue weighted by Gasteiger charge is -2.04. The third kappa shape index (κ3) is 1.71. The molecule has 15 heavy (non-hydrogen) atoms. The maximum atomic E-state index is 11.4. The van der Waals surface area contributed by atoms with Crippen molar-refractivity contribution < 1.29 is 4.74 Å². The normalized spacial score (nSPS) is 9.93. The average molecular weight is 203 g/mol. The Morgan fingerprint density at radius 1 is 1.33 bits per heavy atom. The highest BCUT2D eigenvalue weighted by Gasteiger charge is 2.11. The predicted molar refractivity (Wildman–Crippen MR) is 54.6 cm³/mol. The highest BCUT2D eigenvalue weighted by atomic mass is 16.5. The van der Waals surface area contributed by atoms with E-state index in [2.05, 4.69) is 15.0 Å². The van der Waals surface area contributed by atoms with Gasteiger partial charge in [-0.25, -0.2) is 4.98 Å². The van der Waals surface area contributed by atoms with E-state index in [1.807, 2.05) is 6.07 Å². The van der Waals surface area contributed by atoms with Crippen molar-refractivity contribution in [1.29, 1.82) is 0 Å². The lowest BCUT2D eigenvalue weighted by atomic mass is 10.2. The molecular formula is C10H9N3O2. The summed E-state index contributed by atoms with van der Waals surface area (Å²) < 4.78 is 4.98. The van der Waals surface area contributed by atoms with Gasteiger partial charge in [-0.2, -0.15) is 0 Å². The van der Waals surface area contributed by atoms with E-state index < -0.39 is 0 Å². The van der Waals surface area contributed by atoms with Gasteiger partial charge in [-0.1, -0.05) is 6.07 Å². The zero-order chi connectivity index (χ0) is 10.7. The molecule has 0 bridgehead atoms. The van der Waals surface area contributed by atoms with Gasteiger partial charge in [-0.05, 0) is 12.1 Å². The fraction of sp³-hybridized carbons (Fsp3) is 0.100. The number of pyridine rings is 1. The van der Waals surface area contributed by atoms with Crippen LogP contribution in [0.3, 0.4) is 0 Å². The molecule has 0 saturated heterocycles. The summed E-state index contributed by atoms with van der Waals surface area (Å²) in [6, 6.07) is 5.39. The van der Waals surface area contributed by atoms with Gasteiger partial charge in [0.2, 0.25) is 5.75 Å². The van der Waals surface area contributed by atoms with Gasteiger partial charge >= 0.3 is 0 Å². The summed E-state index contributed by atoms with van der Waals surface area (Å²) in [6.45, 7) is 0. The van der Waals surface area contributed by atoms with Crippen LogP contribution in [0.25, 0.3) is 11.4 Å². The highest BCUT2D eigenvalue weighted by molar-refractivity contribution is 5.60. The monoisotopic (exact) mass is 203 g/mol. The molecule has 2 heterocycles. The first-order valence-corrected chi connectivity index (χ1v) is 4.36. The van der Waals surface area contributed by atoms with E-state index in [1.165, 1.54) is 13.4 Å². The quantitative estimate of drug-likeness (QED) is 0.785. The maximum absolute atomic E-state index is 11.4. The van der Waals surface area contributed by atoms with Gasteiger partial charge < -0.3 is 9.72 Å². The number of aromatic amines is 1. The van der Waals surface area contributed by atoms with Crippen LogP contribution in [0, 0.1) is 0 Å². The Labute approximate surface area is 85.8 Å². The van der Waals surface area contributed by atoms with Crippen molar-refractivity contribution in [2.75, 3.05) is 7.11 Å². The number of methoxy groups -OCH3 is 1. The molecule has 2 rings (SSSR count). The minimum Gasteiger partial charge on any atom is -0.490 e. The lowest BCUT2D eigenvalue weighted by molar-refractivity contribution is 0.408. The number of nitrogens with zero attached hydrogens (tertiary/aromatic N) is 2. The molecule has 0 aromatic carbocycles. The van der Waals surface area contributed by atoms with Crippen molar-refractivity contribution in [3.63, 3.8) is 0 Å². The van der Waals surface area contributed by atoms with Crippen LogP contribution in [0.15, 0.2) is 35.5 Å². The van der Waals surface area contributed by atoms with Crippen LogP contribution in [0.5, 0.6) is 5.75 Å². The second kappa shape index (κ2) is 3.91. The van der Waals surface area contributed by atoms with E-state index in [-0.39, 0.29) is 11.3 Å². The van der Waals surface area contributed by atoms with Crippen molar-refractivity contribution in [3.05, 3.63) is 41.1 Å². The molecule has 0 unspecified atom stereocenters. The van der Waals surface area contributed by atoms with Crippen LogP contribution >= 0.6 is 0 Å². The summed E-state index contributed by atoms with van der Waals surface area (Å²) in [7, 11) is 1.43. The number of hydrogen-bond donors (Lipinski definition) is 1. The van der Waals surface area contributed by atoms with E-state index in [9.17, 15) is 4.79 Å². The SMILES string of the molecule is COc1c(-c2ccccn2)nc[nH]c1=O. The summed E-state index contributed by atoms with van der Waals surface area (Å²) in [6.07, 6.45) is 2.96. The Kier molecular flexibility index (Phi) is 2.45. The summed E-state index contributed by atoms with van der Waals surface area (Å²) >= 11 is 0. The summed E-state index contributed by atoms with van der Waals surface area (Å²) in [5.41, 5.74) is 0.746. The van der Waals surface area contributed by atoms with Gasteiger partial charge in [0.25, 0.3) is 5.56 Å². The molecule has 1 N–H and O–H groups in total. The first kappa shape index (κ1) is 9.39. The second-order valence-electron chi connectivity index (χ2n) is 2.83. The number of hydrogen-bond acceptors (Lipinski definition) is 4. The molecule has 5 heteroatoms. The fourth-order valence-electron chi connectivity index (χ4n) is 1.26. The largest absolute Gasteiger partial charge is 0.490 e. The first-order valence-electron chi connectivity index (χ1n) is 4.36. The van der Waals surface area contributed by atoms with E-state index in [0.29, 0.717) is 11.4 Å². The van der Waals surface area contributed by atoms with Gasteiger partial charge in [-0.15, -0.1) is 0 Å². The Morgan fingerprint density at radius 2 is 2.20 bits per heavy atom. The fourth-order valence-corrected chi connectivity index (χ4v) is 1.26. The van der Waals surface area contributed by atoms with Crippen molar-refractivity contribution in [3.8, 4) is 17.1 Å². The minimum atomic E-state index is -0.312. The number of ether oxygens (including phenoxy) is 1. The highest BCUT2D eigenvalue weighted by Crippen LogP contribution is 2.20. The lowest BCUT2D eigenvalue weighted by Crippen LogP contribution is -2.11. The molecule has 2 aromatic rings. The van der Waals surface area contributed by atoms with Crippen molar-refractivity contribution in [2.24, 2.45) is 0 Å². The molecule has 76 valence electrons. The van der Waals surface area contributed by atoms with Crippen LogP contribution in [0.4, 0.5) is 0 Å². The standard InChI is InChI=1S/C10H9N3O2/c1-15-9-8(12-6-13-10(9)14)7-4-2-3-5-11-7/h2-6H,1H3,(H,12,13,14). The van der Waals surface area contributed by atoms with Gasteiger partial charge in [0, 0.05) is 6.20 Å². The van der Waals surface area contributed by atoms with Gasteiger partial charge in [0.15, 0.2) is 0 Å². The molecule has 0 amide bonds. The number of rotatable bonds is 2. The van der Waals surface area contributed by atoms with Gasteiger partial charge in [0.05, 0.1) is 19.1 Å². The van der Waals surface area contributed by atoms with Crippen LogP contribution in [-0.2, 0) is 0 Å². The molecule has 0 spiro atoms. The molecule has 0 fully saturated rings. The van der Waals surface area contributed by atoms with Gasteiger partial charge in [0.1, 0.15) is 5.69 Å². The van der Waals surface area contributed by atoms with Gasteiger partial charge in [-0.3, -0.25) is 9.78 Å². The predicted octanol–water partition coefficient (Wildman–Crippen LogP) is 0.840. The molecule has 0 aliphatic rings. The number of aromatic nitrogens is 3. The van der Waals surface area contributed by atoms with Crippen LogP contribution in [0.2, 0.25) is 0 Å². The maximum Gasteiger partial charge on any atom is 0.293 e. The zero-order valence-electron chi connectivity index (χ0n) is 8.10.